The first-order valence-electron chi connectivity index (χ1n) is 5.72. The van der Waals surface area contributed by atoms with Gasteiger partial charge in [-0.25, -0.2) is 0 Å². The van der Waals surface area contributed by atoms with Crippen molar-refractivity contribution in [3.05, 3.63) is 0 Å². The number of aliphatic hydroxyl groups is 1. The third-order valence-electron chi connectivity index (χ3n) is 3.41. The summed E-state index contributed by atoms with van der Waals surface area (Å²) in [5.74, 6) is 0.461. The number of primary amides is 1. The SMILES string of the molecule is CC1CCC(CO)(NCCC(N)=O)CC1. The lowest BCUT2D eigenvalue weighted by Gasteiger charge is -2.39. The van der Waals surface area contributed by atoms with Crippen LogP contribution in [0.1, 0.15) is 39.0 Å². The zero-order chi connectivity index (χ0) is 11.3. The number of hydrogen-bond donors (Lipinski definition) is 3. The van der Waals surface area contributed by atoms with Crippen molar-refractivity contribution < 1.29 is 9.90 Å². The van der Waals surface area contributed by atoms with E-state index in [0.29, 0.717) is 13.0 Å². The number of rotatable bonds is 5. The van der Waals surface area contributed by atoms with Crippen LogP contribution in [0.15, 0.2) is 0 Å². The molecule has 0 saturated heterocycles. The Morgan fingerprint density at radius 2 is 2.13 bits per heavy atom. The molecule has 0 heterocycles. The molecule has 1 fully saturated rings. The lowest BCUT2D eigenvalue weighted by molar-refractivity contribution is -0.118. The largest absolute Gasteiger partial charge is 0.394 e. The molecule has 4 N–H and O–H groups in total. The van der Waals surface area contributed by atoms with Gasteiger partial charge in [-0.1, -0.05) is 6.92 Å². The van der Waals surface area contributed by atoms with Crippen LogP contribution < -0.4 is 11.1 Å². The molecule has 0 unspecified atom stereocenters. The summed E-state index contributed by atoms with van der Waals surface area (Å²) in [4.78, 5) is 10.6. The quantitative estimate of drug-likeness (QED) is 0.620. The molecule has 0 aromatic carbocycles. The van der Waals surface area contributed by atoms with E-state index in [-0.39, 0.29) is 18.1 Å². The molecule has 0 aromatic heterocycles. The van der Waals surface area contributed by atoms with Crippen LogP contribution in [0.25, 0.3) is 0 Å². The molecule has 0 spiro atoms. The molecule has 15 heavy (non-hydrogen) atoms. The van der Waals surface area contributed by atoms with E-state index in [1.807, 2.05) is 0 Å². The maximum Gasteiger partial charge on any atom is 0.218 e. The van der Waals surface area contributed by atoms with Crippen LogP contribution in [0.5, 0.6) is 0 Å². The topological polar surface area (TPSA) is 75.3 Å². The Kier molecular flexibility index (Phi) is 4.54. The van der Waals surface area contributed by atoms with Crippen molar-refractivity contribution in [1.29, 1.82) is 0 Å². The summed E-state index contributed by atoms with van der Waals surface area (Å²) in [6.07, 6.45) is 4.61. The highest BCUT2D eigenvalue weighted by Gasteiger charge is 2.32. The molecule has 0 atom stereocenters. The van der Waals surface area contributed by atoms with Crippen molar-refractivity contribution in [3.8, 4) is 0 Å². The minimum atomic E-state index is -0.292. The molecule has 88 valence electrons. The van der Waals surface area contributed by atoms with Crippen LogP contribution in [0.2, 0.25) is 0 Å². The van der Waals surface area contributed by atoms with Crippen LogP contribution in [0, 0.1) is 5.92 Å². The van der Waals surface area contributed by atoms with Crippen molar-refractivity contribution in [2.75, 3.05) is 13.2 Å². The minimum absolute atomic E-state index is 0.151. The maximum absolute atomic E-state index is 10.6. The average Bonchev–Trinajstić information content (AvgIpc) is 2.21. The van der Waals surface area contributed by atoms with Crippen LogP contribution in [-0.2, 0) is 4.79 Å². The molecule has 1 aliphatic rings. The number of aliphatic hydroxyl groups excluding tert-OH is 1. The average molecular weight is 214 g/mol. The number of amides is 1. The first kappa shape index (κ1) is 12.5. The highest BCUT2D eigenvalue weighted by Crippen LogP contribution is 2.31. The number of hydrogen-bond acceptors (Lipinski definition) is 3. The van der Waals surface area contributed by atoms with E-state index in [9.17, 15) is 9.90 Å². The number of nitrogens with one attached hydrogen (secondary N) is 1. The second-order valence-electron chi connectivity index (χ2n) is 4.76. The maximum atomic E-state index is 10.6. The zero-order valence-electron chi connectivity index (χ0n) is 9.46. The molecule has 1 amide bonds. The van der Waals surface area contributed by atoms with E-state index in [0.717, 1.165) is 31.6 Å². The van der Waals surface area contributed by atoms with Gasteiger partial charge >= 0.3 is 0 Å². The molecule has 0 aliphatic heterocycles. The van der Waals surface area contributed by atoms with Crippen LogP contribution >= 0.6 is 0 Å². The summed E-state index contributed by atoms with van der Waals surface area (Å²) in [6, 6.07) is 0. The van der Waals surface area contributed by atoms with Gasteiger partial charge in [0.2, 0.25) is 5.91 Å². The Labute approximate surface area is 91.2 Å². The number of nitrogens with two attached hydrogens (primary N) is 1. The van der Waals surface area contributed by atoms with Crippen molar-refractivity contribution in [1.82, 2.24) is 5.32 Å². The standard InChI is InChI=1S/C11H22N2O2/c1-9-2-5-11(8-14,6-3-9)13-7-4-10(12)15/h9,13-14H,2-8H2,1H3,(H2,12,15). The predicted molar refractivity (Wildman–Crippen MR) is 59.3 cm³/mol. The van der Waals surface area contributed by atoms with Gasteiger partial charge in [0.25, 0.3) is 0 Å². The molecule has 0 bridgehead atoms. The van der Waals surface area contributed by atoms with Crippen molar-refractivity contribution in [2.24, 2.45) is 11.7 Å². The highest BCUT2D eigenvalue weighted by molar-refractivity contribution is 5.73. The van der Waals surface area contributed by atoms with Crippen molar-refractivity contribution >= 4 is 5.91 Å². The van der Waals surface area contributed by atoms with E-state index >= 15 is 0 Å². The molecule has 4 nitrogen and oxygen atoms in total. The van der Waals surface area contributed by atoms with Gasteiger partial charge in [0.15, 0.2) is 0 Å². The summed E-state index contributed by atoms with van der Waals surface area (Å²) in [5.41, 5.74) is 4.91. The summed E-state index contributed by atoms with van der Waals surface area (Å²) in [6.45, 7) is 2.97. The van der Waals surface area contributed by atoms with Gasteiger partial charge in [0, 0.05) is 18.5 Å². The van der Waals surface area contributed by atoms with Gasteiger partial charge in [-0.05, 0) is 31.6 Å². The van der Waals surface area contributed by atoms with Crippen LogP contribution in [-0.4, -0.2) is 29.7 Å². The van der Waals surface area contributed by atoms with Crippen molar-refractivity contribution in [2.45, 2.75) is 44.6 Å². The highest BCUT2D eigenvalue weighted by atomic mass is 16.3. The van der Waals surface area contributed by atoms with E-state index in [2.05, 4.69) is 12.2 Å². The fourth-order valence-corrected chi connectivity index (χ4v) is 2.16. The van der Waals surface area contributed by atoms with Gasteiger partial charge < -0.3 is 16.2 Å². The third kappa shape index (κ3) is 3.80. The molecular formula is C11H22N2O2. The minimum Gasteiger partial charge on any atom is -0.394 e. The predicted octanol–water partition coefficient (Wildman–Crippen LogP) is 0.393. The first-order chi connectivity index (χ1) is 7.08. The first-order valence-corrected chi connectivity index (χ1v) is 5.72. The fourth-order valence-electron chi connectivity index (χ4n) is 2.16. The number of carbonyl (C=O) groups is 1. The monoisotopic (exact) mass is 214 g/mol. The Morgan fingerprint density at radius 1 is 1.53 bits per heavy atom. The van der Waals surface area contributed by atoms with Gasteiger partial charge in [0.1, 0.15) is 0 Å². The molecule has 1 rings (SSSR count). The van der Waals surface area contributed by atoms with E-state index in [1.54, 1.807) is 0 Å². The van der Waals surface area contributed by atoms with Crippen LogP contribution in [0.4, 0.5) is 0 Å². The summed E-state index contributed by atoms with van der Waals surface area (Å²) in [5, 5.41) is 12.7. The molecule has 0 radical (unpaired) electrons. The lowest BCUT2D eigenvalue weighted by atomic mass is 9.77. The van der Waals surface area contributed by atoms with Gasteiger partial charge in [-0.3, -0.25) is 4.79 Å². The molecule has 1 aliphatic carbocycles. The summed E-state index contributed by atoms with van der Waals surface area (Å²) < 4.78 is 0. The second-order valence-corrected chi connectivity index (χ2v) is 4.76. The number of carbonyl (C=O) groups excluding carboxylic acids is 1. The molecule has 1 saturated carbocycles. The Morgan fingerprint density at radius 3 is 2.60 bits per heavy atom. The lowest BCUT2D eigenvalue weighted by Crippen LogP contribution is -2.51. The third-order valence-corrected chi connectivity index (χ3v) is 3.41. The Bertz CT molecular complexity index is 211. The Balaban J connectivity index is 2.36. The van der Waals surface area contributed by atoms with Crippen molar-refractivity contribution in [3.63, 3.8) is 0 Å². The smallest absolute Gasteiger partial charge is 0.218 e. The van der Waals surface area contributed by atoms with Gasteiger partial charge in [0.05, 0.1) is 6.61 Å². The van der Waals surface area contributed by atoms with Gasteiger partial charge in [-0.15, -0.1) is 0 Å². The Hall–Kier alpha value is -0.610. The fraction of sp³-hybridized carbons (Fsp3) is 0.909. The van der Waals surface area contributed by atoms with Crippen LogP contribution in [0.3, 0.4) is 0 Å². The van der Waals surface area contributed by atoms with E-state index in [1.165, 1.54) is 0 Å². The van der Waals surface area contributed by atoms with E-state index in [4.69, 9.17) is 5.73 Å². The van der Waals surface area contributed by atoms with Gasteiger partial charge in [-0.2, -0.15) is 0 Å². The zero-order valence-corrected chi connectivity index (χ0v) is 9.46. The molecular weight excluding hydrogens is 192 g/mol. The molecule has 0 aromatic rings. The summed E-state index contributed by atoms with van der Waals surface area (Å²) in [7, 11) is 0. The molecule has 4 heteroatoms. The normalized spacial score (nSPS) is 31.5. The van der Waals surface area contributed by atoms with E-state index < -0.39 is 0 Å². The second kappa shape index (κ2) is 5.47. The summed E-state index contributed by atoms with van der Waals surface area (Å²) >= 11 is 0.